The molecule has 116 valence electrons. The molecule has 0 N–H and O–H groups in total. The van der Waals surface area contributed by atoms with Crippen molar-refractivity contribution < 1.29 is 9.13 Å². The van der Waals surface area contributed by atoms with Crippen LogP contribution in [-0.4, -0.2) is 13.1 Å². The number of ether oxygens (including phenoxy) is 1. The van der Waals surface area contributed by atoms with Gasteiger partial charge in [-0.1, -0.05) is 49.3 Å². The molecule has 4 rings (SSSR count). The number of fused-ring (bicyclic) bond motifs is 1. The van der Waals surface area contributed by atoms with Gasteiger partial charge in [0.25, 0.3) is 0 Å². The van der Waals surface area contributed by atoms with E-state index in [1.54, 1.807) is 18.3 Å². The highest BCUT2D eigenvalue weighted by atomic mass is 28.3. The number of hydrogen-bond acceptors (Lipinski definition) is 2. The summed E-state index contributed by atoms with van der Waals surface area (Å²) in [6.07, 6.45) is 2.91. The minimum atomic E-state index is -1.69. The Morgan fingerprint density at radius 2 is 1.91 bits per heavy atom. The van der Waals surface area contributed by atoms with E-state index in [1.165, 1.54) is 6.42 Å². The van der Waals surface area contributed by atoms with E-state index >= 15 is 0 Å². The molecule has 0 radical (unpaired) electrons. The van der Waals surface area contributed by atoms with E-state index in [0.717, 1.165) is 28.2 Å². The molecule has 0 atom stereocenters. The van der Waals surface area contributed by atoms with E-state index in [2.05, 4.69) is 11.5 Å². The van der Waals surface area contributed by atoms with E-state index < -0.39 is 8.07 Å². The zero-order valence-corrected chi connectivity index (χ0v) is 14.1. The SMILES string of the molecule is C[Si]1(c2c(F)cccc2Oc2cnc3ccccc3c2)CCC1. The lowest BCUT2D eigenvalue weighted by atomic mass is 10.2. The van der Waals surface area contributed by atoms with E-state index in [-0.39, 0.29) is 5.82 Å². The maximum atomic E-state index is 14.5. The summed E-state index contributed by atoms with van der Waals surface area (Å²) in [6.45, 7) is 2.25. The number of rotatable bonds is 3. The fourth-order valence-electron chi connectivity index (χ4n) is 3.37. The predicted molar refractivity (Wildman–Crippen MR) is 93.7 cm³/mol. The minimum absolute atomic E-state index is 0.120. The highest BCUT2D eigenvalue weighted by Crippen LogP contribution is 2.36. The van der Waals surface area contributed by atoms with Crippen molar-refractivity contribution in [2.24, 2.45) is 0 Å². The zero-order chi connectivity index (χ0) is 15.9. The van der Waals surface area contributed by atoms with Crippen molar-refractivity contribution in [3.8, 4) is 11.5 Å². The van der Waals surface area contributed by atoms with Gasteiger partial charge in [0.15, 0.2) is 0 Å². The van der Waals surface area contributed by atoms with Gasteiger partial charge < -0.3 is 4.74 Å². The molecule has 1 aliphatic heterocycles. The van der Waals surface area contributed by atoms with Gasteiger partial charge in [-0.25, -0.2) is 4.39 Å². The van der Waals surface area contributed by atoms with Crippen LogP contribution in [0.4, 0.5) is 4.39 Å². The number of pyridine rings is 1. The van der Waals surface area contributed by atoms with E-state index in [0.29, 0.717) is 11.5 Å². The molecule has 1 aliphatic rings. The monoisotopic (exact) mass is 323 g/mol. The van der Waals surface area contributed by atoms with Gasteiger partial charge in [0.2, 0.25) is 0 Å². The van der Waals surface area contributed by atoms with Gasteiger partial charge in [0.1, 0.15) is 17.3 Å². The fraction of sp³-hybridized carbons (Fsp3) is 0.211. The van der Waals surface area contributed by atoms with E-state index in [1.807, 2.05) is 36.4 Å². The molecule has 0 amide bonds. The van der Waals surface area contributed by atoms with Crippen LogP contribution < -0.4 is 9.92 Å². The van der Waals surface area contributed by atoms with Crippen LogP contribution in [0.25, 0.3) is 10.9 Å². The second kappa shape index (κ2) is 5.46. The summed E-state index contributed by atoms with van der Waals surface area (Å²) in [4.78, 5) is 4.42. The summed E-state index contributed by atoms with van der Waals surface area (Å²) < 4.78 is 20.5. The molecule has 23 heavy (non-hydrogen) atoms. The first-order chi connectivity index (χ1) is 11.2. The van der Waals surface area contributed by atoms with Gasteiger partial charge in [-0.2, -0.15) is 0 Å². The molecular weight excluding hydrogens is 305 g/mol. The van der Waals surface area contributed by atoms with Crippen LogP contribution in [0, 0.1) is 5.82 Å². The van der Waals surface area contributed by atoms with Crippen LogP contribution in [0.3, 0.4) is 0 Å². The Labute approximate surface area is 136 Å². The first kappa shape index (κ1) is 14.4. The predicted octanol–water partition coefficient (Wildman–Crippen LogP) is 4.86. The molecule has 0 spiro atoms. The van der Waals surface area contributed by atoms with Crippen molar-refractivity contribution in [2.75, 3.05) is 0 Å². The third kappa shape index (κ3) is 2.53. The van der Waals surface area contributed by atoms with Crippen LogP contribution in [0.2, 0.25) is 18.6 Å². The van der Waals surface area contributed by atoms with Gasteiger partial charge in [-0.3, -0.25) is 4.98 Å². The smallest absolute Gasteiger partial charge is 0.146 e. The number of nitrogens with zero attached hydrogens (tertiary/aromatic N) is 1. The zero-order valence-electron chi connectivity index (χ0n) is 13.1. The van der Waals surface area contributed by atoms with Gasteiger partial charge in [0, 0.05) is 10.6 Å². The molecule has 0 saturated carbocycles. The van der Waals surface area contributed by atoms with Gasteiger partial charge >= 0.3 is 0 Å². The second-order valence-electron chi connectivity index (χ2n) is 6.49. The Bertz CT molecular complexity index is 876. The Morgan fingerprint density at radius 1 is 1.09 bits per heavy atom. The highest BCUT2D eigenvalue weighted by Gasteiger charge is 2.40. The van der Waals surface area contributed by atoms with Crippen LogP contribution >= 0.6 is 0 Å². The highest BCUT2D eigenvalue weighted by molar-refractivity contribution is 6.93. The molecule has 1 aromatic heterocycles. The molecule has 4 heteroatoms. The first-order valence-corrected chi connectivity index (χ1v) is 10.9. The van der Waals surface area contributed by atoms with Crippen molar-refractivity contribution in [2.45, 2.75) is 25.1 Å². The number of aromatic nitrogens is 1. The lowest BCUT2D eigenvalue weighted by Crippen LogP contribution is -2.52. The molecule has 3 aromatic rings. The quantitative estimate of drug-likeness (QED) is 0.642. The van der Waals surface area contributed by atoms with E-state index in [4.69, 9.17) is 4.74 Å². The number of hydrogen-bond donors (Lipinski definition) is 0. The Morgan fingerprint density at radius 3 is 2.70 bits per heavy atom. The van der Waals surface area contributed by atoms with Crippen LogP contribution in [0.15, 0.2) is 54.7 Å². The molecule has 0 unspecified atom stereocenters. The topological polar surface area (TPSA) is 22.1 Å². The Kier molecular flexibility index (Phi) is 3.42. The summed E-state index contributed by atoms with van der Waals surface area (Å²) in [6, 6.07) is 17.3. The van der Waals surface area contributed by atoms with Crippen molar-refractivity contribution in [1.29, 1.82) is 0 Å². The average molecular weight is 323 g/mol. The average Bonchev–Trinajstić information content (AvgIpc) is 2.53. The fourth-order valence-corrected chi connectivity index (χ4v) is 6.67. The summed E-state index contributed by atoms with van der Waals surface area (Å²) in [7, 11) is -1.69. The maximum absolute atomic E-state index is 14.5. The summed E-state index contributed by atoms with van der Waals surface area (Å²) >= 11 is 0. The van der Waals surface area contributed by atoms with Gasteiger partial charge in [-0.15, -0.1) is 0 Å². The van der Waals surface area contributed by atoms with Crippen LogP contribution in [0.1, 0.15) is 6.42 Å². The van der Waals surface area contributed by atoms with Crippen molar-refractivity contribution >= 4 is 24.2 Å². The van der Waals surface area contributed by atoms with Crippen molar-refractivity contribution in [3.05, 3.63) is 60.5 Å². The number of halogens is 1. The second-order valence-corrected chi connectivity index (χ2v) is 11.1. The molecule has 0 aliphatic carbocycles. The number of para-hydroxylation sites is 1. The first-order valence-electron chi connectivity index (χ1n) is 7.97. The minimum Gasteiger partial charge on any atom is -0.456 e. The van der Waals surface area contributed by atoms with Crippen molar-refractivity contribution in [3.63, 3.8) is 0 Å². The lowest BCUT2D eigenvalue weighted by molar-refractivity contribution is 0.480. The largest absolute Gasteiger partial charge is 0.456 e. The van der Waals surface area contributed by atoms with E-state index in [9.17, 15) is 4.39 Å². The summed E-state index contributed by atoms with van der Waals surface area (Å²) in [5.74, 6) is 1.20. The molecule has 2 aromatic carbocycles. The summed E-state index contributed by atoms with van der Waals surface area (Å²) in [5.41, 5.74) is 0.930. The summed E-state index contributed by atoms with van der Waals surface area (Å²) in [5, 5.41) is 1.86. The Hall–Kier alpha value is -2.20. The van der Waals surface area contributed by atoms with Crippen molar-refractivity contribution in [1.82, 2.24) is 4.98 Å². The molecule has 1 fully saturated rings. The number of benzene rings is 2. The van der Waals surface area contributed by atoms with Crippen LogP contribution in [0.5, 0.6) is 11.5 Å². The molecular formula is C19H18FNOSi. The normalized spacial score (nSPS) is 16.1. The standard InChI is InChI=1S/C19H18FNOSi/c1-23(10-5-11-23)19-16(20)7-4-9-18(19)22-15-12-14-6-2-3-8-17(14)21-13-15/h2-4,6-9,12-13H,5,10-11H2,1H3. The lowest BCUT2D eigenvalue weighted by Gasteiger charge is -2.37. The molecule has 2 heterocycles. The van der Waals surface area contributed by atoms with Gasteiger partial charge in [-0.05, 0) is 24.3 Å². The molecule has 0 bridgehead atoms. The molecule has 2 nitrogen and oxygen atoms in total. The van der Waals surface area contributed by atoms with Crippen LogP contribution in [-0.2, 0) is 0 Å². The van der Waals surface area contributed by atoms with Gasteiger partial charge in [0.05, 0.1) is 19.8 Å². The third-order valence-corrected chi connectivity index (χ3v) is 9.44. The molecule has 1 saturated heterocycles. The maximum Gasteiger partial charge on any atom is 0.146 e. The third-order valence-electron chi connectivity index (χ3n) is 4.83. The Balaban J connectivity index is 1.74.